The number of allylic oxidation sites excluding steroid dienone is 5. The van der Waals surface area contributed by atoms with Crippen molar-refractivity contribution in [1.82, 2.24) is 0 Å². The molecule has 0 aliphatic heterocycles. The molecule has 0 saturated heterocycles. The first kappa shape index (κ1) is 23.8. The van der Waals surface area contributed by atoms with Crippen molar-refractivity contribution >= 4 is 17.2 Å². The van der Waals surface area contributed by atoms with Crippen molar-refractivity contribution in [1.29, 1.82) is 0 Å². The summed E-state index contributed by atoms with van der Waals surface area (Å²) in [6.45, 7) is 23.3. The molecule has 2 aromatic rings. The first-order valence-corrected chi connectivity index (χ1v) is 11.8. The summed E-state index contributed by atoms with van der Waals surface area (Å²) in [6.07, 6.45) is 8.48. The van der Waals surface area contributed by atoms with Crippen molar-refractivity contribution in [3.63, 3.8) is 0 Å². The molecule has 0 spiro atoms. The van der Waals surface area contributed by atoms with Gasteiger partial charge in [-0.25, -0.2) is 0 Å². The quantitative estimate of drug-likeness (QED) is 0.335. The molecule has 1 unspecified atom stereocenters. The van der Waals surface area contributed by atoms with Gasteiger partial charge in [0.05, 0.1) is 0 Å². The molecule has 0 N–H and O–H groups in total. The molecular weight excluding hydrogens is 384 g/mol. The van der Waals surface area contributed by atoms with Crippen LogP contribution in [0.5, 0.6) is 0 Å². The summed E-state index contributed by atoms with van der Waals surface area (Å²) in [4.78, 5) is 0. The molecule has 2 aromatic carbocycles. The number of aryl methyl sites for hydroxylation is 2. The van der Waals surface area contributed by atoms with Gasteiger partial charge >= 0.3 is 0 Å². The molecule has 0 heteroatoms. The van der Waals surface area contributed by atoms with Crippen LogP contribution in [-0.4, -0.2) is 0 Å². The number of hydrogen-bond donors (Lipinski definition) is 0. The lowest BCUT2D eigenvalue weighted by Crippen LogP contribution is -2.03. The zero-order valence-electron chi connectivity index (χ0n) is 20.3. The average Bonchev–Trinajstić information content (AvgIpc) is 2.75. The Morgan fingerprint density at radius 3 is 2.25 bits per heavy atom. The lowest BCUT2D eigenvalue weighted by Gasteiger charge is -2.19. The summed E-state index contributed by atoms with van der Waals surface area (Å²) in [6, 6.07) is 15.8. The van der Waals surface area contributed by atoms with E-state index in [-0.39, 0.29) is 0 Å². The maximum Gasteiger partial charge on any atom is -0.00663 e. The van der Waals surface area contributed by atoms with E-state index in [4.69, 9.17) is 0 Å². The number of benzene rings is 2. The predicted octanol–water partition coefficient (Wildman–Crippen LogP) is 9.24. The van der Waals surface area contributed by atoms with Gasteiger partial charge in [-0.1, -0.05) is 85.0 Å². The van der Waals surface area contributed by atoms with E-state index in [1.807, 2.05) is 0 Å². The number of fused-ring (bicyclic) bond motifs is 1. The maximum atomic E-state index is 4.37. The molecule has 0 nitrogen and oxygen atoms in total. The molecule has 166 valence electrons. The molecule has 0 saturated carbocycles. The van der Waals surface area contributed by atoms with Gasteiger partial charge in [0.15, 0.2) is 0 Å². The van der Waals surface area contributed by atoms with Crippen molar-refractivity contribution in [2.45, 2.75) is 59.3 Å². The minimum atomic E-state index is 0.469. The Morgan fingerprint density at radius 2 is 1.59 bits per heavy atom. The summed E-state index contributed by atoms with van der Waals surface area (Å²) < 4.78 is 0. The third kappa shape index (κ3) is 6.33. The zero-order chi connectivity index (χ0) is 23.3. The zero-order valence-corrected chi connectivity index (χ0v) is 20.3. The molecule has 0 aromatic heterocycles. The van der Waals surface area contributed by atoms with Crippen molar-refractivity contribution in [3.8, 4) is 0 Å². The van der Waals surface area contributed by atoms with Gasteiger partial charge in [-0.05, 0) is 104 Å². The van der Waals surface area contributed by atoms with Crippen LogP contribution in [0.25, 0.3) is 17.2 Å². The summed E-state index contributed by atoms with van der Waals surface area (Å²) in [5.41, 5.74) is 12.9. The van der Waals surface area contributed by atoms with E-state index >= 15 is 0 Å². The largest absolute Gasteiger partial charge is 0.100 e. The van der Waals surface area contributed by atoms with Crippen LogP contribution in [-0.2, 0) is 12.8 Å². The summed E-state index contributed by atoms with van der Waals surface area (Å²) >= 11 is 0. The van der Waals surface area contributed by atoms with E-state index in [0.29, 0.717) is 5.92 Å². The summed E-state index contributed by atoms with van der Waals surface area (Å²) in [5.74, 6) is 0.469. The molecule has 0 amide bonds. The van der Waals surface area contributed by atoms with Crippen LogP contribution in [0.15, 0.2) is 85.5 Å². The monoisotopic (exact) mass is 422 g/mol. The van der Waals surface area contributed by atoms with Gasteiger partial charge in [-0.15, -0.1) is 6.58 Å². The summed E-state index contributed by atoms with van der Waals surface area (Å²) in [7, 11) is 0. The molecule has 1 aliphatic rings. The smallest absolute Gasteiger partial charge is 0.00663 e. The standard InChI is InChI=1S/C32H38/c1-22(2)8-14-30(23(3)4)20-25(6)29-15-11-27(12-16-29)9-10-28-13-17-31-19-24(5)18-26(7)32(31)21-28/h11-13,15-17,19,21,30H,1,3,6-10,14,18,20H2,2,4-5H3. The lowest BCUT2D eigenvalue weighted by atomic mass is 9.86. The van der Waals surface area contributed by atoms with Crippen molar-refractivity contribution < 1.29 is 0 Å². The fourth-order valence-electron chi connectivity index (χ4n) is 4.49. The van der Waals surface area contributed by atoms with Crippen LogP contribution in [0.2, 0.25) is 0 Å². The fourth-order valence-corrected chi connectivity index (χ4v) is 4.49. The second-order valence-electron chi connectivity index (χ2n) is 9.74. The molecule has 0 radical (unpaired) electrons. The van der Waals surface area contributed by atoms with Gasteiger partial charge in [0, 0.05) is 0 Å². The normalized spacial score (nSPS) is 13.8. The van der Waals surface area contributed by atoms with E-state index in [2.05, 4.69) is 95.6 Å². The highest BCUT2D eigenvalue weighted by Crippen LogP contribution is 2.32. The van der Waals surface area contributed by atoms with Gasteiger partial charge in [0.2, 0.25) is 0 Å². The van der Waals surface area contributed by atoms with Crippen LogP contribution in [0.4, 0.5) is 0 Å². The molecule has 1 atom stereocenters. The second kappa shape index (κ2) is 10.6. The van der Waals surface area contributed by atoms with Crippen LogP contribution >= 0.6 is 0 Å². The van der Waals surface area contributed by atoms with Crippen LogP contribution in [0, 0.1) is 5.92 Å². The minimum absolute atomic E-state index is 0.469. The molecule has 1 aliphatic carbocycles. The first-order chi connectivity index (χ1) is 15.2. The number of hydrogen-bond acceptors (Lipinski definition) is 0. The highest BCUT2D eigenvalue weighted by atomic mass is 14.2. The van der Waals surface area contributed by atoms with E-state index in [1.54, 1.807) is 0 Å². The van der Waals surface area contributed by atoms with Gasteiger partial charge in [-0.2, -0.15) is 0 Å². The van der Waals surface area contributed by atoms with Gasteiger partial charge in [-0.3, -0.25) is 0 Å². The van der Waals surface area contributed by atoms with E-state index < -0.39 is 0 Å². The predicted molar refractivity (Wildman–Crippen MR) is 144 cm³/mol. The molecule has 0 bridgehead atoms. The first-order valence-electron chi connectivity index (χ1n) is 11.8. The highest BCUT2D eigenvalue weighted by Gasteiger charge is 2.14. The molecule has 3 rings (SSSR count). The van der Waals surface area contributed by atoms with Crippen LogP contribution in [0.3, 0.4) is 0 Å². The van der Waals surface area contributed by atoms with E-state index in [1.165, 1.54) is 55.7 Å². The SMILES string of the molecule is C=C(C)CCC(CC(=C)c1ccc(CCc2ccc3c(c2)C(=C)CC(C)=C3)cc1)C(=C)C. The Hall–Kier alpha value is -2.86. The van der Waals surface area contributed by atoms with Gasteiger partial charge < -0.3 is 0 Å². The summed E-state index contributed by atoms with van der Waals surface area (Å²) in [5, 5.41) is 0. The van der Waals surface area contributed by atoms with Crippen molar-refractivity contribution in [2.24, 2.45) is 5.92 Å². The molecule has 0 fully saturated rings. The maximum absolute atomic E-state index is 4.37. The Labute approximate surface area is 195 Å². The Balaban J connectivity index is 1.59. The Bertz CT molecular complexity index is 1060. The average molecular weight is 423 g/mol. The Kier molecular flexibility index (Phi) is 7.91. The van der Waals surface area contributed by atoms with Crippen molar-refractivity contribution in [2.75, 3.05) is 0 Å². The molecular formula is C32H38. The molecule has 0 heterocycles. The fraction of sp³-hybridized carbons (Fsp3) is 0.312. The number of rotatable bonds is 10. The van der Waals surface area contributed by atoms with Crippen LogP contribution < -0.4 is 0 Å². The second-order valence-corrected chi connectivity index (χ2v) is 9.74. The van der Waals surface area contributed by atoms with Crippen molar-refractivity contribution in [3.05, 3.63) is 113 Å². The van der Waals surface area contributed by atoms with E-state index in [9.17, 15) is 0 Å². The topological polar surface area (TPSA) is 0 Å². The van der Waals surface area contributed by atoms with Gasteiger partial charge in [0.1, 0.15) is 0 Å². The third-order valence-corrected chi connectivity index (χ3v) is 6.57. The highest BCUT2D eigenvalue weighted by molar-refractivity contribution is 5.80. The Morgan fingerprint density at radius 1 is 0.938 bits per heavy atom. The van der Waals surface area contributed by atoms with Gasteiger partial charge in [0.25, 0.3) is 0 Å². The van der Waals surface area contributed by atoms with E-state index in [0.717, 1.165) is 38.5 Å². The molecule has 32 heavy (non-hydrogen) atoms. The minimum Gasteiger partial charge on any atom is -0.100 e. The van der Waals surface area contributed by atoms with Crippen LogP contribution in [0.1, 0.15) is 74.3 Å². The lowest BCUT2D eigenvalue weighted by molar-refractivity contribution is 0.574. The third-order valence-electron chi connectivity index (χ3n) is 6.57.